The van der Waals surface area contributed by atoms with Crippen LogP contribution in [0.15, 0.2) is 24.3 Å². The number of fused-ring (bicyclic) bond motifs is 1. The quantitative estimate of drug-likeness (QED) is 0.870. The van der Waals surface area contributed by atoms with Gasteiger partial charge in [0, 0.05) is 48.7 Å². The van der Waals surface area contributed by atoms with E-state index < -0.39 is 0 Å². The lowest BCUT2D eigenvalue weighted by Gasteiger charge is -2.58. The summed E-state index contributed by atoms with van der Waals surface area (Å²) in [6.45, 7) is 6.18. The Kier molecular flexibility index (Phi) is 4.83. The Morgan fingerprint density at radius 1 is 1.46 bits per heavy atom. The van der Waals surface area contributed by atoms with Gasteiger partial charge < -0.3 is 19.7 Å². The number of methoxy groups -OCH3 is 1. The molecule has 1 saturated heterocycles. The maximum absolute atomic E-state index is 12.2. The molecule has 5 nitrogen and oxygen atoms in total. The molecule has 24 heavy (non-hydrogen) atoms. The summed E-state index contributed by atoms with van der Waals surface area (Å²) >= 11 is 0. The molecule has 0 aromatic heterocycles. The Bertz CT molecular complexity index is 602. The van der Waals surface area contributed by atoms with Crippen LogP contribution in [-0.4, -0.2) is 50.3 Å². The van der Waals surface area contributed by atoms with Crippen LogP contribution < -0.4 is 10.1 Å². The topological polar surface area (TPSA) is 50.8 Å². The average molecular weight is 332 g/mol. The van der Waals surface area contributed by atoms with E-state index in [1.807, 2.05) is 24.3 Å². The van der Waals surface area contributed by atoms with Gasteiger partial charge in [0.1, 0.15) is 5.75 Å². The van der Waals surface area contributed by atoms with Crippen molar-refractivity contribution < 1.29 is 14.3 Å². The van der Waals surface area contributed by atoms with Gasteiger partial charge in [0.05, 0.1) is 13.2 Å². The van der Waals surface area contributed by atoms with Gasteiger partial charge in [0.2, 0.25) is 5.91 Å². The zero-order chi connectivity index (χ0) is 17.3. The van der Waals surface area contributed by atoms with Gasteiger partial charge in [-0.15, -0.1) is 0 Å². The highest BCUT2D eigenvalue weighted by molar-refractivity contribution is 5.91. The summed E-state index contributed by atoms with van der Waals surface area (Å²) in [5, 5.41) is 2.94. The van der Waals surface area contributed by atoms with Crippen LogP contribution in [0.3, 0.4) is 0 Å². The lowest BCUT2D eigenvalue weighted by atomic mass is 9.57. The predicted molar refractivity (Wildman–Crippen MR) is 94.3 cm³/mol. The lowest BCUT2D eigenvalue weighted by molar-refractivity contribution is -0.150. The first-order chi connectivity index (χ1) is 11.4. The number of carbonyl (C=O) groups is 1. The van der Waals surface area contributed by atoms with E-state index in [-0.39, 0.29) is 11.3 Å². The molecule has 2 fully saturated rings. The van der Waals surface area contributed by atoms with E-state index in [0.29, 0.717) is 24.5 Å². The van der Waals surface area contributed by atoms with Crippen molar-refractivity contribution in [1.29, 1.82) is 0 Å². The van der Waals surface area contributed by atoms with Gasteiger partial charge in [-0.1, -0.05) is 19.9 Å². The molecule has 132 valence electrons. The van der Waals surface area contributed by atoms with Crippen LogP contribution in [0.5, 0.6) is 5.75 Å². The molecule has 2 aliphatic rings. The van der Waals surface area contributed by atoms with E-state index in [1.165, 1.54) is 0 Å². The molecule has 3 atom stereocenters. The van der Waals surface area contributed by atoms with Crippen molar-refractivity contribution in [1.82, 2.24) is 4.90 Å². The second kappa shape index (κ2) is 6.73. The van der Waals surface area contributed by atoms with E-state index >= 15 is 0 Å². The molecule has 5 heteroatoms. The van der Waals surface area contributed by atoms with Crippen LogP contribution in [0.2, 0.25) is 0 Å². The van der Waals surface area contributed by atoms with Crippen molar-refractivity contribution >= 4 is 11.6 Å². The minimum Gasteiger partial charge on any atom is -0.497 e. The third-order valence-electron chi connectivity index (χ3n) is 5.56. The van der Waals surface area contributed by atoms with Crippen LogP contribution in [0, 0.1) is 11.3 Å². The van der Waals surface area contributed by atoms with Gasteiger partial charge in [-0.05, 0) is 25.6 Å². The number of benzene rings is 1. The highest BCUT2D eigenvalue weighted by Gasteiger charge is 2.60. The van der Waals surface area contributed by atoms with Gasteiger partial charge >= 0.3 is 0 Å². The van der Waals surface area contributed by atoms with Crippen molar-refractivity contribution in [3.8, 4) is 5.75 Å². The van der Waals surface area contributed by atoms with E-state index in [4.69, 9.17) is 9.47 Å². The molecule has 0 radical (unpaired) electrons. The summed E-state index contributed by atoms with van der Waals surface area (Å²) < 4.78 is 11.0. The highest BCUT2D eigenvalue weighted by Crippen LogP contribution is 2.54. The summed E-state index contributed by atoms with van der Waals surface area (Å²) in [5.74, 6) is 1.39. The molecule has 1 aliphatic heterocycles. The standard InChI is InChI=1S/C19H28N2O3/c1-19(2)17(15-9-11-24-18(15)19)21(3)10-8-16(22)20-13-6-5-7-14(12-13)23-4/h5-7,12,15,17-18H,8-11H2,1-4H3,(H,20,22)/t15-,17+,18+/m0/s1. The summed E-state index contributed by atoms with van der Waals surface area (Å²) in [6, 6.07) is 7.94. The minimum atomic E-state index is 0.0338. The van der Waals surface area contributed by atoms with Crippen LogP contribution in [0.25, 0.3) is 0 Å². The lowest BCUT2D eigenvalue weighted by Crippen LogP contribution is -2.66. The third kappa shape index (κ3) is 3.15. The average Bonchev–Trinajstić information content (AvgIpc) is 2.99. The Hall–Kier alpha value is -1.59. The number of anilines is 1. The predicted octanol–water partition coefficient (Wildman–Crippen LogP) is 2.77. The fraction of sp³-hybridized carbons (Fsp3) is 0.632. The largest absolute Gasteiger partial charge is 0.497 e. The second-order valence-electron chi connectivity index (χ2n) is 7.52. The van der Waals surface area contributed by atoms with Gasteiger partial charge in [-0.3, -0.25) is 4.79 Å². The number of rotatable bonds is 6. The Balaban J connectivity index is 1.51. The third-order valence-corrected chi connectivity index (χ3v) is 5.56. The number of amides is 1. The van der Waals surface area contributed by atoms with Gasteiger partial charge in [-0.2, -0.15) is 0 Å². The molecule has 3 rings (SSSR count). The summed E-state index contributed by atoms with van der Waals surface area (Å²) in [5.41, 5.74) is 0.939. The Morgan fingerprint density at radius 2 is 2.25 bits per heavy atom. The van der Waals surface area contributed by atoms with Crippen LogP contribution >= 0.6 is 0 Å². The molecule has 0 spiro atoms. The smallest absolute Gasteiger partial charge is 0.225 e. The SMILES string of the molecule is COc1cccc(NC(=O)CCN(C)[C@@H]2[C@@H]3CCO[C@H]3C2(C)C)c1. The fourth-order valence-electron chi connectivity index (χ4n) is 4.53. The monoisotopic (exact) mass is 332 g/mol. The van der Waals surface area contributed by atoms with Crippen molar-refractivity contribution in [3.05, 3.63) is 24.3 Å². The Labute approximate surface area is 144 Å². The number of hydrogen-bond acceptors (Lipinski definition) is 4. The van der Waals surface area contributed by atoms with Crippen LogP contribution in [-0.2, 0) is 9.53 Å². The first-order valence-electron chi connectivity index (χ1n) is 8.69. The molecule has 0 bridgehead atoms. The molecule has 1 aromatic carbocycles. The van der Waals surface area contributed by atoms with E-state index in [2.05, 4.69) is 31.1 Å². The molecule has 1 saturated carbocycles. The summed E-state index contributed by atoms with van der Waals surface area (Å²) in [6.07, 6.45) is 2.01. The number of ether oxygens (including phenoxy) is 2. The van der Waals surface area contributed by atoms with Crippen molar-refractivity contribution in [2.75, 3.05) is 32.6 Å². The second-order valence-corrected chi connectivity index (χ2v) is 7.52. The highest BCUT2D eigenvalue weighted by atomic mass is 16.5. The van der Waals surface area contributed by atoms with Gasteiger partial charge in [-0.25, -0.2) is 0 Å². The van der Waals surface area contributed by atoms with Crippen molar-refractivity contribution in [2.45, 2.75) is 38.8 Å². The van der Waals surface area contributed by atoms with Crippen LogP contribution in [0.4, 0.5) is 5.69 Å². The van der Waals surface area contributed by atoms with Gasteiger partial charge in [0.25, 0.3) is 0 Å². The zero-order valence-electron chi connectivity index (χ0n) is 15.0. The fourth-order valence-corrected chi connectivity index (χ4v) is 4.53. The molecule has 1 N–H and O–H groups in total. The molecular formula is C19H28N2O3. The summed E-state index contributed by atoms with van der Waals surface area (Å²) in [4.78, 5) is 14.6. The molecule has 1 aliphatic carbocycles. The number of carbonyl (C=O) groups excluding carboxylic acids is 1. The van der Waals surface area contributed by atoms with E-state index in [1.54, 1.807) is 7.11 Å². The maximum Gasteiger partial charge on any atom is 0.225 e. The van der Waals surface area contributed by atoms with E-state index in [0.717, 1.165) is 31.0 Å². The number of hydrogen-bond donors (Lipinski definition) is 1. The van der Waals surface area contributed by atoms with E-state index in [9.17, 15) is 4.79 Å². The number of nitrogens with one attached hydrogen (secondary N) is 1. The van der Waals surface area contributed by atoms with Crippen LogP contribution in [0.1, 0.15) is 26.7 Å². The van der Waals surface area contributed by atoms with Crippen molar-refractivity contribution in [2.24, 2.45) is 11.3 Å². The minimum absolute atomic E-state index is 0.0338. The molecule has 0 unspecified atom stereocenters. The zero-order valence-corrected chi connectivity index (χ0v) is 15.0. The first kappa shape index (κ1) is 17.2. The van der Waals surface area contributed by atoms with Gasteiger partial charge in [0.15, 0.2) is 0 Å². The molecule has 1 amide bonds. The molecule has 1 aromatic rings. The maximum atomic E-state index is 12.2. The molecular weight excluding hydrogens is 304 g/mol. The summed E-state index contributed by atoms with van der Waals surface area (Å²) in [7, 11) is 3.75. The van der Waals surface area contributed by atoms with Crippen molar-refractivity contribution in [3.63, 3.8) is 0 Å². The normalized spacial score (nSPS) is 27.5. The Morgan fingerprint density at radius 3 is 3.00 bits per heavy atom. The first-order valence-corrected chi connectivity index (χ1v) is 8.69. The number of nitrogens with zero attached hydrogens (tertiary/aromatic N) is 1. The molecule has 1 heterocycles.